The maximum atomic E-state index is 10.9. The van der Waals surface area contributed by atoms with E-state index in [9.17, 15) is 10.1 Å². The lowest BCUT2D eigenvalue weighted by atomic mass is 10.1. The average molecular weight is 272 g/mol. The third kappa shape index (κ3) is 2.87. The fourth-order valence-electron chi connectivity index (χ4n) is 1.26. The number of aliphatic hydroxyl groups is 1. The Morgan fingerprint density at radius 3 is 2.80 bits per heavy atom. The summed E-state index contributed by atoms with van der Waals surface area (Å²) in [4.78, 5) is 10.4. The van der Waals surface area contributed by atoms with E-state index in [1.54, 1.807) is 24.3 Å². The SMILES string of the molecule is O=[N+]([O-])c1c(/C=C/CO)cccc1CBr. The molecule has 0 saturated heterocycles. The first-order chi connectivity index (χ1) is 7.20. The molecule has 5 heteroatoms. The largest absolute Gasteiger partial charge is 0.392 e. The summed E-state index contributed by atoms with van der Waals surface area (Å²) >= 11 is 3.20. The van der Waals surface area contributed by atoms with E-state index in [4.69, 9.17) is 5.11 Å². The first kappa shape index (κ1) is 11.9. The standard InChI is InChI=1S/C10H10BrNO3/c11-7-9-4-1-3-8(5-2-6-13)10(9)12(14)15/h1-5,13H,6-7H2/b5-2+. The lowest BCUT2D eigenvalue weighted by Crippen LogP contribution is -1.96. The highest BCUT2D eigenvalue weighted by Crippen LogP contribution is 2.26. The van der Waals surface area contributed by atoms with Crippen molar-refractivity contribution < 1.29 is 10.0 Å². The highest BCUT2D eigenvalue weighted by molar-refractivity contribution is 9.08. The van der Waals surface area contributed by atoms with Crippen LogP contribution in [0.1, 0.15) is 11.1 Å². The van der Waals surface area contributed by atoms with Crippen molar-refractivity contribution in [2.24, 2.45) is 0 Å². The zero-order valence-electron chi connectivity index (χ0n) is 7.89. The Bertz CT molecular complexity index is 390. The van der Waals surface area contributed by atoms with E-state index < -0.39 is 4.92 Å². The van der Waals surface area contributed by atoms with Crippen LogP contribution in [-0.4, -0.2) is 16.6 Å². The van der Waals surface area contributed by atoms with Crippen molar-refractivity contribution in [3.05, 3.63) is 45.5 Å². The van der Waals surface area contributed by atoms with Crippen LogP contribution in [0.4, 0.5) is 5.69 Å². The summed E-state index contributed by atoms with van der Waals surface area (Å²) in [6.07, 6.45) is 3.02. The van der Waals surface area contributed by atoms with Crippen molar-refractivity contribution in [3.8, 4) is 0 Å². The molecule has 0 unspecified atom stereocenters. The summed E-state index contributed by atoms with van der Waals surface area (Å²) in [5.74, 6) is 0. The van der Waals surface area contributed by atoms with Gasteiger partial charge in [-0.2, -0.15) is 0 Å². The lowest BCUT2D eigenvalue weighted by Gasteiger charge is -2.02. The number of para-hydroxylation sites is 1. The van der Waals surface area contributed by atoms with Gasteiger partial charge in [-0.15, -0.1) is 0 Å². The van der Waals surface area contributed by atoms with Crippen LogP contribution in [0.2, 0.25) is 0 Å². The minimum Gasteiger partial charge on any atom is -0.392 e. The molecule has 0 fully saturated rings. The first-order valence-electron chi connectivity index (χ1n) is 4.30. The number of nitro groups is 1. The van der Waals surface area contributed by atoms with Crippen molar-refractivity contribution in [2.75, 3.05) is 6.61 Å². The van der Waals surface area contributed by atoms with Crippen molar-refractivity contribution in [2.45, 2.75) is 5.33 Å². The molecule has 1 aromatic rings. The topological polar surface area (TPSA) is 63.4 Å². The molecule has 0 radical (unpaired) electrons. The summed E-state index contributed by atoms with van der Waals surface area (Å²) in [5.41, 5.74) is 1.21. The quantitative estimate of drug-likeness (QED) is 0.520. The van der Waals surface area contributed by atoms with Gasteiger partial charge in [-0.1, -0.05) is 34.1 Å². The number of nitrogens with zero attached hydrogens (tertiary/aromatic N) is 1. The van der Waals surface area contributed by atoms with Crippen LogP contribution in [0.3, 0.4) is 0 Å². The average Bonchev–Trinajstić information content (AvgIpc) is 2.25. The van der Waals surface area contributed by atoms with Crippen LogP contribution in [0.5, 0.6) is 0 Å². The number of rotatable bonds is 4. The van der Waals surface area contributed by atoms with Crippen molar-refractivity contribution in [1.82, 2.24) is 0 Å². The molecule has 0 aliphatic heterocycles. The van der Waals surface area contributed by atoms with Crippen LogP contribution < -0.4 is 0 Å². The van der Waals surface area contributed by atoms with Gasteiger partial charge >= 0.3 is 0 Å². The molecule has 1 N–H and O–H groups in total. The molecule has 0 atom stereocenters. The number of benzene rings is 1. The Labute approximate surface area is 95.5 Å². The second-order valence-electron chi connectivity index (χ2n) is 2.83. The third-order valence-corrected chi connectivity index (χ3v) is 2.48. The van der Waals surface area contributed by atoms with Crippen molar-refractivity contribution >= 4 is 27.7 Å². The second-order valence-corrected chi connectivity index (χ2v) is 3.39. The summed E-state index contributed by atoms with van der Waals surface area (Å²) in [5, 5.41) is 19.9. The van der Waals surface area contributed by atoms with E-state index in [0.29, 0.717) is 16.5 Å². The number of aliphatic hydroxyl groups excluding tert-OH is 1. The number of halogens is 1. The number of hydrogen-bond donors (Lipinski definition) is 1. The maximum Gasteiger partial charge on any atom is 0.280 e. The monoisotopic (exact) mass is 271 g/mol. The molecule has 0 aromatic heterocycles. The molecule has 0 saturated carbocycles. The number of hydrogen-bond acceptors (Lipinski definition) is 3. The smallest absolute Gasteiger partial charge is 0.280 e. The lowest BCUT2D eigenvalue weighted by molar-refractivity contribution is -0.385. The highest BCUT2D eigenvalue weighted by Gasteiger charge is 2.16. The highest BCUT2D eigenvalue weighted by atomic mass is 79.9. The zero-order chi connectivity index (χ0) is 11.3. The third-order valence-electron chi connectivity index (χ3n) is 1.88. The van der Waals surface area contributed by atoms with Gasteiger partial charge in [0.2, 0.25) is 0 Å². The minimum atomic E-state index is -0.409. The van der Waals surface area contributed by atoms with Crippen LogP contribution in [-0.2, 0) is 5.33 Å². The second kappa shape index (κ2) is 5.63. The molecule has 0 spiro atoms. The van der Waals surface area contributed by atoms with E-state index in [-0.39, 0.29) is 12.3 Å². The molecule has 0 aliphatic carbocycles. The fraction of sp³-hybridized carbons (Fsp3) is 0.200. The summed E-state index contributed by atoms with van der Waals surface area (Å²) in [7, 11) is 0. The van der Waals surface area contributed by atoms with Gasteiger partial charge in [0.1, 0.15) is 0 Å². The van der Waals surface area contributed by atoms with Crippen LogP contribution >= 0.6 is 15.9 Å². The van der Waals surface area contributed by atoms with Gasteiger partial charge in [0.15, 0.2) is 0 Å². The molecular weight excluding hydrogens is 262 g/mol. The van der Waals surface area contributed by atoms with E-state index in [0.717, 1.165) is 0 Å². The van der Waals surface area contributed by atoms with Gasteiger partial charge in [-0.05, 0) is 12.1 Å². The summed E-state index contributed by atoms with van der Waals surface area (Å²) in [6.45, 7) is -0.129. The van der Waals surface area contributed by atoms with E-state index >= 15 is 0 Å². The van der Waals surface area contributed by atoms with Crippen molar-refractivity contribution in [1.29, 1.82) is 0 Å². The first-order valence-corrected chi connectivity index (χ1v) is 5.42. The van der Waals surface area contributed by atoms with Gasteiger partial charge in [-0.25, -0.2) is 0 Å². The van der Waals surface area contributed by atoms with Gasteiger partial charge in [0.25, 0.3) is 5.69 Å². The zero-order valence-corrected chi connectivity index (χ0v) is 9.48. The molecule has 1 rings (SSSR count). The molecule has 0 amide bonds. The van der Waals surface area contributed by atoms with Crippen molar-refractivity contribution in [3.63, 3.8) is 0 Å². The Kier molecular flexibility index (Phi) is 4.45. The molecule has 80 valence electrons. The summed E-state index contributed by atoms with van der Waals surface area (Å²) < 4.78 is 0. The molecule has 0 bridgehead atoms. The molecule has 4 nitrogen and oxygen atoms in total. The van der Waals surface area contributed by atoms with Gasteiger partial charge in [-0.3, -0.25) is 10.1 Å². The van der Waals surface area contributed by atoms with E-state index in [1.807, 2.05) is 0 Å². The Morgan fingerprint density at radius 1 is 1.53 bits per heavy atom. The number of alkyl halides is 1. The van der Waals surface area contributed by atoms with Gasteiger partial charge in [0, 0.05) is 10.9 Å². The molecule has 0 heterocycles. The van der Waals surface area contributed by atoms with Crippen LogP contribution in [0.15, 0.2) is 24.3 Å². The van der Waals surface area contributed by atoms with E-state index in [1.165, 1.54) is 6.08 Å². The molecule has 1 aromatic carbocycles. The number of nitro benzene ring substituents is 1. The predicted molar refractivity (Wildman–Crippen MR) is 61.8 cm³/mol. The Hall–Kier alpha value is -1.20. The Morgan fingerprint density at radius 2 is 2.27 bits per heavy atom. The normalized spacial score (nSPS) is 10.8. The van der Waals surface area contributed by atoms with Crippen LogP contribution in [0.25, 0.3) is 6.08 Å². The molecule has 0 aliphatic rings. The maximum absolute atomic E-state index is 10.9. The van der Waals surface area contributed by atoms with Gasteiger partial charge < -0.3 is 5.11 Å². The minimum absolute atomic E-state index is 0.0825. The fourth-order valence-corrected chi connectivity index (χ4v) is 1.71. The van der Waals surface area contributed by atoms with E-state index in [2.05, 4.69) is 15.9 Å². The van der Waals surface area contributed by atoms with Crippen LogP contribution in [0, 0.1) is 10.1 Å². The molecule has 15 heavy (non-hydrogen) atoms. The summed E-state index contributed by atoms with van der Waals surface area (Å²) in [6, 6.07) is 5.10. The van der Waals surface area contributed by atoms with Gasteiger partial charge in [0.05, 0.1) is 17.1 Å². The predicted octanol–water partition coefficient (Wildman–Crippen LogP) is 2.50. The molecular formula is C10H10BrNO3. The Balaban J connectivity index is 3.25.